The summed E-state index contributed by atoms with van der Waals surface area (Å²) in [6.07, 6.45) is 11.8. The molecule has 0 aliphatic heterocycles. The van der Waals surface area contributed by atoms with Crippen molar-refractivity contribution < 1.29 is 0 Å². The van der Waals surface area contributed by atoms with Crippen molar-refractivity contribution in [2.24, 2.45) is 0 Å². The number of hydrogen-bond acceptors (Lipinski definition) is 5. The van der Waals surface area contributed by atoms with Gasteiger partial charge >= 0.3 is 0 Å². The summed E-state index contributed by atoms with van der Waals surface area (Å²) in [6.45, 7) is 6.54. The average molecular weight is 409 g/mol. The molecule has 31 heavy (non-hydrogen) atoms. The molecule has 154 valence electrons. The number of imidazole rings is 1. The van der Waals surface area contributed by atoms with E-state index in [9.17, 15) is 0 Å². The molecule has 0 radical (unpaired) electrons. The maximum atomic E-state index is 4.91. The number of nitrogens with zero attached hydrogens (tertiary/aromatic N) is 6. The average Bonchev–Trinajstić information content (AvgIpc) is 3.38. The Morgan fingerprint density at radius 2 is 1.77 bits per heavy atom. The number of aromatic nitrogens is 7. The number of fused-ring (bicyclic) bond motifs is 2. The van der Waals surface area contributed by atoms with Gasteiger partial charge in [0, 0.05) is 41.2 Å². The Kier molecular flexibility index (Phi) is 3.78. The van der Waals surface area contributed by atoms with Gasteiger partial charge in [-0.2, -0.15) is 0 Å². The van der Waals surface area contributed by atoms with E-state index < -0.39 is 0 Å². The number of H-pyrrole nitrogens is 1. The van der Waals surface area contributed by atoms with Gasteiger partial charge in [-0.25, -0.2) is 24.9 Å². The highest BCUT2D eigenvalue weighted by Gasteiger charge is 2.26. The molecule has 4 heterocycles. The zero-order valence-electron chi connectivity index (χ0n) is 17.8. The van der Waals surface area contributed by atoms with Crippen molar-refractivity contribution in [3.05, 3.63) is 55.1 Å². The van der Waals surface area contributed by atoms with Gasteiger partial charge in [0.1, 0.15) is 11.3 Å². The van der Waals surface area contributed by atoms with Gasteiger partial charge in [0.25, 0.3) is 0 Å². The minimum atomic E-state index is -0.0484. The Morgan fingerprint density at radius 3 is 2.52 bits per heavy atom. The van der Waals surface area contributed by atoms with E-state index in [1.807, 2.05) is 24.9 Å². The van der Waals surface area contributed by atoms with E-state index >= 15 is 0 Å². The van der Waals surface area contributed by atoms with Crippen LogP contribution in [0.3, 0.4) is 0 Å². The summed E-state index contributed by atoms with van der Waals surface area (Å²) < 4.78 is 2.20. The van der Waals surface area contributed by atoms with Crippen LogP contribution in [0.1, 0.15) is 45.4 Å². The number of hydrogen-bond donors (Lipinski definition) is 1. The van der Waals surface area contributed by atoms with Crippen LogP contribution in [0.2, 0.25) is 0 Å². The van der Waals surface area contributed by atoms with Gasteiger partial charge in [0.15, 0.2) is 5.65 Å². The summed E-state index contributed by atoms with van der Waals surface area (Å²) in [7, 11) is 0. The predicted octanol–water partition coefficient (Wildman–Crippen LogP) is 5.06. The molecule has 0 bridgehead atoms. The first-order valence-corrected chi connectivity index (χ1v) is 10.6. The molecule has 0 saturated heterocycles. The minimum Gasteiger partial charge on any atom is -0.344 e. The van der Waals surface area contributed by atoms with Crippen molar-refractivity contribution in [2.75, 3.05) is 0 Å². The van der Waals surface area contributed by atoms with Gasteiger partial charge in [-0.05, 0) is 51.3 Å². The van der Waals surface area contributed by atoms with Crippen molar-refractivity contribution >= 4 is 22.2 Å². The SMILES string of the molecule is CC(C)(C)n1cnc2ccc(-c3c[nH]c4ncc(-c5cnc(C6CC6)nc5)nc34)cc21. The molecule has 7 heteroatoms. The van der Waals surface area contributed by atoms with Crippen LogP contribution in [0.15, 0.2) is 49.3 Å². The zero-order valence-corrected chi connectivity index (χ0v) is 17.8. The third-order valence-corrected chi connectivity index (χ3v) is 5.87. The molecule has 0 atom stereocenters. The van der Waals surface area contributed by atoms with Crippen LogP contribution in [-0.4, -0.2) is 34.5 Å². The highest BCUT2D eigenvalue weighted by Crippen LogP contribution is 2.38. The fourth-order valence-electron chi connectivity index (χ4n) is 3.98. The minimum absolute atomic E-state index is 0.0484. The summed E-state index contributed by atoms with van der Waals surface area (Å²) in [5.41, 5.74) is 7.39. The Bertz CT molecular complexity index is 1420. The van der Waals surface area contributed by atoms with Gasteiger partial charge in [-0.15, -0.1) is 0 Å². The first-order valence-electron chi connectivity index (χ1n) is 10.6. The molecule has 1 aliphatic rings. The maximum absolute atomic E-state index is 4.91. The number of aromatic amines is 1. The van der Waals surface area contributed by atoms with E-state index in [0.717, 1.165) is 50.4 Å². The highest BCUT2D eigenvalue weighted by molar-refractivity contribution is 5.94. The molecule has 1 N–H and O–H groups in total. The van der Waals surface area contributed by atoms with Crippen molar-refractivity contribution in [1.29, 1.82) is 0 Å². The molecule has 0 amide bonds. The van der Waals surface area contributed by atoms with Crippen molar-refractivity contribution in [3.8, 4) is 22.4 Å². The molecule has 1 saturated carbocycles. The lowest BCUT2D eigenvalue weighted by atomic mass is 10.1. The van der Waals surface area contributed by atoms with Gasteiger partial charge < -0.3 is 9.55 Å². The van der Waals surface area contributed by atoms with Crippen molar-refractivity contribution in [1.82, 2.24) is 34.5 Å². The predicted molar refractivity (Wildman–Crippen MR) is 121 cm³/mol. The summed E-state index contributed by atoms with van der Waals surface area (Å²) in [6, 6.07) is 6.33. The first-order chi connectivity index (χ1) is 15.0. The van der Waals surface area contributed by atoms with Crippen LogP contribution < -0.4 is 0 Å². The second-order valence-electron chi connectivity index (χ2n) is 9.25. The Balaban J connectivity index is 1.45. The second kappa shape index (κ2) is 6.44. The van der Waals surface area contributed by atoms with Gasteiger partial charge in [0.05, 0.1) is 29.3 Å². The molecular weight excluding hydrogens is 386 g/mol. The fourth-order valence-corrected chi connectivity index (χ4v) is 3.98. The van der Waals surface area contributed by atoms with Gasteiger partial charge in [-0.1, -0.05) is 6.07 Å². The molecular formula is C24H23N7. The van der Waals surface area contributed by atoms with Crippen molar-refractivity contribution in [3.63, 3.8) is 0 Å². The smallest absolute Gasteiger partial charge is 0.156 e. The third-order valence-electron chi connectivity index (χ3n) is 5.87. The Labute approximate surface area is 179 Å². The largest absolute Gasteiger partial charge is 0.344 e. The summed E-state index contributed by atoms with van der Waals surface area (Å²) in [4.78, 5) is 26.4. The van der Waals surface area contributed by atoms with Crippen LogP contribution >= 0.6 is 0 Å². The first kappa shape index (κ1) is 18.2. The number of benzene rings is 1. The lowest BCUT2D eigenvalue weighted by molar-refractivity contribution is 0.408. The quantitative estimate of drug-likeness (QED) is 0.450. The third kappa shape index (κ3) is 3.08. The van der Waals surface area contributed by atoms with Crippen molar-refractivity contribution in [2.45, 2.75) is 45.1 Å². The summed E-state index contributed by atoms with van der Waals surface area (Å²) in [5, 5.41) is 0. The molecule has 5 aromatic rings. The van der Waals surface area contributed by atoms with Crippen LogP contribution in [0.4, 0.5) is 0 Å². The summed E-state index contributed by atoms with van der Waals surface area (Å²) >= 11 is 0. The van der Waals surface area contributed by atoms with E-state index in [0.29, 0.717) is 5.92 Å². The van der Waals surface area contributed by atoms with Crippen LogP contribution in [0, 0.1) is 0 Å². The monoisotopic (exact) mass is 409 g/mol. The van der Waals surface area contributed by atoms with E-state index in [-0.39, 0.29) is 5.54 Å². The van der Waals surface area contributed by atoms with E-state index in [2.05, 4.69) is 68.5 Å². The maximum Gasteiger partial charge on any atom is 0.156 e. The van der Waals surface area contributed by atoms with Gasteiger partial charge in [-0.3, -0.25) is 0 Å². The van der Waals surface area contributed by atoms with Crippen LogP contribution in [-0.2, 0) is 5.54 Å². The molecule has 0 spiro atoms. The summed E-state index contributed by atoms with van der Waals surface area (Å²) in [5.74, 6) is 1.47. The highest BCUT2D eigenvalue weighted by atomic mass is 15.1. The van der Waals surface area contributed by atoms with E-state index in [1.54, 1.807) is 6.20 Å². The van der Waals surface area contributed by atoms with Gasteiger partial charge in [0.2, 0.25) is 0 Å². The molecule has 1 fully saturated rings. The Hall–Kier alpha value is -3.61. The molecule has 0 unspecified atom stereocenters. The second-order valence-corrected chi connectivity index (χ2v) is 9.25. The normalized spacial score (nSPS) is 14.5. The fraction of sp³-hybridized carbons (Fsp3) is 0.292. The number of nitrogens with one attached hydrogen (secondary N) is 1. The zero-order chi connectivity index (χ0) is 21.2. The lowest BCUT2D eigenvalue weighted by Gasteiger charge is -2.21. The Morgan fingerprint density at radius 1 is 0.968 bits per heavy atom. The molecule has 1 aromatic carbocycles. The molecule has 1 aliphatic carbocycles. The van der Waals surface area contributed by atoms with Crippen LogP contribution in [0.5, 0.6) is 0 Å². The van der Waals surface area contributed by atoms with E-state index in [4.69, 9.17) is 4.98 Å². The molecule has 6 rings (SSSR count). The topological polar surface area (TPSA) is 85.2 Å². The number of rotatable bonds is 3. The molecule has 7 nitrogen and oxygen atoms in total. The molecule has 4 aromatic heterocycles. The van der Waals surface area contributed by atoms with Crippen LogP contribution in [0.25, 0.3) is 44.6 Å². The lowest BCUT2D eigenvalue weighted by Crippen LogP contribution is -2.20. The standard InChI is InChI=1S/C24H23N7/c1-24(2,3)31-13-29-18-7-6-15(8-20(18)31)17-11-27-23-21(17)30-19(12-28-23)16-9-25-22(26-10-16)14-4-5-14/h6-14H,4-5H2,1-3H3,(H,27,28). The van der Waals surface area contributed by atoms with E-state index in [1.165, 1.54) is 12.8 Å².